The fourth-order valence-corrected chi connectivity index (χ4v) is 3.48. The fraction of sp³-hybridized carbons (Fsp3) is 0.190. The number of amides is 2. The van der Waals surface area contributed by atoms with Crippen molar-refractivity contribution in [1.82, 2.24) is 15.4 Å². The van der Waals surface area contributed by atoms with Gasteiger partial charge in [-0.15, -0.1) is 0 Å². The van der Waals surface area contributed by atoms with Gasteiger partial charge in [0.15, 0.2) is 6.61 Å². The molecule has 0 bridgehead atoms. The molecule has 2 amide bonds. The molecule has 7 nitrogen and oxygen atoms in total. The molecule has 0 unspecified atom stereocenters. The minimum atomic E-state index is -0.481. The Hall–Kier alpha value is -3.39. The van der Waals surface area contributed by atoms with Crippen molar-refractivity contribution < 1.29 is 14.3 Å². The lowest BCUT2D eigenvalue weighted by Gasteiger charge is -2.12. The van der Waals surface area contributed by atoms with Crippen molar-refractivity contribution in [2.75, 3.05) is 6.61 Å². The van der Waals surface area contributed by atoms with E-state index in [2.05, 4.69) is 10.9 Å². The Balaban J connectivity index is 1.47. The molecule has 0 spiro atoms. The Morgan fingerprint density at radius 2 is 1.69 bits per heavy atom. The van der Waals surface area contributed by atoms with E-state index in [-0.39, 0.29) is 30.4 Å². The number of aryl methyl sites for hydroxylation is 1. The molecule has 8 heteroatoms. The predicted octanol–water partition coefficient (Wildman–Crippen LogP) is 2.50. The SMILES string of the molecule is Cc1csc(=O)n1CCC(=O)NNC(=O)COc1ccccc1-c1ccccc1. The van der Waals surface area contributed by atoms with Crippen LogP contribution < -0.4 is 20.5 Å². The molecule has 1 heterocycles. The molecule has 0 saturated carbocycles. The fourth-order valence-electron chi connectivity index (χ4n) is 2.72. The first-order valence-electron chi connectivity index (χ1n) is 9.04. The number of thiazole rings is 1. The molecule has 2 aromatic carbocycles. The van der Waals surface area contributed by atoms with E-state index in [0.717, 1.165) is 28.2 Å². The average Bonchev–Trinajstić information content (AvgIpc) is 3.07. The van der Waals surface area contributed by atoms with Crippen molar-refractivity contribution >= 4 is 23.2 Å². The van der Waals surface area contributed by atoms with Crippen LogP contribution in [0.4, 0.5) is 0 Å². The van der Waals surface area contributed by atoms with Gasteiger partial charge in [0.25, 0.3) is 5.91 Å². The number of ether oxygens (including phenoxy) is 1. The topological polar surface area (TPSA) is 89.4 Å². The van der Waals surface area contributed by atoms with Crippen LogP contribution in [0.5, 0.6) is 5.75 Å². The van der Waals surface area contributed by atoms with Crippen LogP contribution in [0, 0.1) is 6.92 Å². The average molecular weight is 411 g/mol. The lowest BCUT2D eigenvalue weighted by Crippen LogP contribution is -2.44. The van der Waals surface area contributed by atoms with E-state index < -0.39 is 5.91 Å². The van der Waals surface area contributed by atoms with Gasteiger partial charge >= 0.3 is 4.87 Å². The maximum Gasteiger partial charge on any atom is 0.307 e. The van der Waals surface area contributed by atoms with E-state index >= 15 is 0 Å². The minimum absolute atomic E-state index is 0.0788. The van der Waals surface area contributed by atoms with Gasteiger partial charge in [-0.2, -0.15) is 0 Å². The molecule has 1 aromatic heterocycles. The van der Waals surface area contributed by atoms with Gasteiger partial charge in [0.1, 0.15) is 5.75 Å². The summed E-state index contributed by atoms with van der Waals surface area (Å²) in [7, 11) is 0. The maximum atomic E-state index is 12.0. The number of para-hydroxylation sites is 1. The van der Waals surface area contributed by atoms with Crippen molar-refractivity contribution in [1.29, 1.82) is 0 Å². The summed E-state index contributed by atoms with van der Waals surface area (Å²) in [5.74, 6) is -0.293. The Labute approximate surface area is 171 Å². The molecule has 0 atom stereocenters. The monoisotopic (exact) mass is 411 g/mol. The van der Waals surface area contributed by atoms with E-state index in [1.165, 1.54) is 4.57 Å². The van der Waals surface area contributed by atoms with E-state index in [4.69, 9.17) is 4.74 Å². The number of nitrogens with zero attached hydrogens (tertiary/aromatic N) is 1. The lowest BCUT2D eigenvalue weighted by molar-refractivity contribution is -0.130. The zero-order valence-corrected chi connectivity index (χ0v) is 16.7. The lowest BCUT2D eigenvalue weighted by atomic mass is 10.1. The van der Waals surface area contributed by atoms with Gasteiger partial charge in [-0.1, -0.05) is 59.9 Å². The van der Waals surface area contributed by atoms with Gasteiger partial charge in [-0.05, 0) is 18.6 Å². The zero-order chi connectivity index (χ0) is 20.6. The number of hydrazine groups is 1. The van der Waals surface area contributed by atoms with Gasteiger partial charge in [-0.25, -0.2) is 0 Å². The molecule has 0 aliphatic rings. The molecular weight excluding hydrogens is 390 g/mol. The standard InChI is InChI=1S/C21H21N3O4S/c1-15-14-29-21(27)24(15)12-11-19(25)22-23-20(26)13-28-18-10-6-5-9-17(18)16-7-3-2-4-8-16/h2-10,14H,11-13H2,1H3,(H,22,25)(H,23,26). The third-order valence-corrected chi connectivity index (χ3v) is 5.09. The van der Waals surface area contributed by atoms with Crippen LogP contribution in [0.1, 0.15) is 12.1 Å². The van der Waals surface area contributed by atoms with Crippen molar-refractivity contribution in [3.8, 4) is 16.9 Å². The zero-order valence-electron chi connectivity index (χ0n) is 15.9. The molecule has 3 rings (SSSR count). The summed E-state index contributed by atoms with van der Waals surface area (Å²) in [6, 6.07) is 17.1. The van der Waals surface area contributed by atoms with Gasteiger partial charge in [0.2, 0.25) is 5.91 Å². The van der Waals surface area contributed by atoms with Crippen LogP contribution in [0.25, 0.3) is 11.1 Å². The van der Waals surface area contributed by atoms with E-state index in [9.17, 15) is 14.4 Å². The second-order valence-corrected chi connectivity index (χ2v) is 7.11. The molecule has 0 saturated heterocycles. The van der Waals surface area contributed by atoms with Crippen molar-refractivity contribution in [3.05, 3.63) is 75.3 Å². The number of carbonyl (C=O) groups is 2. The van der Waals surface area contributed by atoms with Crippen LogP contribution in [-0.2, 0) is 16.1 Å². The minimum Gasteiger partial charge on any atom is -0.483 e. The summed E-state index contributed by atoms with van der Waals surface area (Å²) < 4.78 is 7.15. The molecule has 150 valence electrons. The van der Waals surface area contributed by atoms with Crippen LogP contribution in [0.2, 0.25) is 0 Å². The summed E-state index contributed by atoms with van der Waals surface area (Å²) in [6.45, 7) is 1.83. The maximum absolute atomic E-state index is 12.0. The van der Waals surface area contributed by atoms with Gasteiger partial charge in [-0.3, -0.25) is 25.2 Å². The van der Waals surface area contributed by atoms with Gasteiger partial charge in [0, 0.05) is 29.6 Å². The second-order valence-electron chi connectivity index (χ2n) is 6.29. The number of hydrogen-bond donors (Lipinski definition) is 2. The van der Waals surface area contributed by atoms with E-state index in [0.29, 0.717) is 5.75 Å². The first kappa shape index (κ1) is 20.3. The Morgan fingerprint density at radius 3 is 2.41 bits per heavy atom. The number of carbonyl (C=O) groups excluding carboxylic acids is 2. The number of nitrogens with one attached hydrogen (secondary N) is 2. The third-order valence-electron chi connectivity index (χ3n) is 4.21. The van der Waals surface area contributed by atoms with Crippen LogP contribution in [0.15, 0.2) is 64.8 Å². The molecule has 0 radical (unpaired) electrons. The molecule has 0 aliphatic heterocycles. The molecular formula is C21H21N3O4S. The highest BCUT2D eigenvalue weighted by Crippen LogP contribution is 2.29. The first-order valence-corrected chi connectivity index (χ1v) is 9.92. The predicted molar refractivity (Wildman–Crippen MR) is 112 cm³/mol. The number of benzene rings is 2. The second kappa shape index (κ2) is 9.70. The summed E-state index contributed by atoms with van der Waals surface area (Å²) in [6.07, 6.45) is 0.0788. The quantitative estimate of drug-likeness (QED) is 0.585. The molecule has 0 aliphatic carbocycles. The van der Waals surface area contributed by atoms with Gasteiger partial charge in [0.05, 0.1) is 0 Å². The van der Waals surface area contributed by atoms with E-state index in [1.807, 2.05) is 55.5 Å². The highest BCUT2D eigenvalue weighted by atomic mass is 32.1. The van der Waals surface area contributed by atoms with Crippen molar-refractivity contribution in [2.45, 2.75) is 19.9 Å². The van der Waals surface area contributed by atoms with E-state index in [1.54, 1.807) is 11.4 Å². The number of rotatable bonds is 7. The molecule has 29 heavy (non-hydrogen) atoms. The third kappa shape index (κ3) is 5.55. The smallest absolute Gasteiger partial charge is 0.307 e. The van der Waals surface area contributed by atoms with Crippen LogP contribution in [0.3, 0.4) is 0 Å². The number of aromatic nitrogens is 1. The Bertz CT molecular complexity index is 1040. The molecule has 3 aromatic rings. The normalized spacial score (nSPS) is 10.4. The summed E-state index contributed by atoms with van der Waals surface area (Å²) in [4.78, 5) is 35.4. The van der Waals surface area contributed by atoms with Gasteiger partial charge < -0.3 is 9.30 Å². The number of hydrogen-bond acceptors (Lipinski definition) is 5. The van der Waals surface area contributed by atoms with Crippen molar-refractivity contribution in [2.24, 2.45) is 0 Å². The first-order chi connectivity index (χ1) is 14.0. The Kier molecular flexibility index (Phi) is 6.80. The largest absolute Gasteiger partial charge is 0.483 e. The van der Waals surface area contributed by atoms with Crippen LogP contribution in [-0.4, -0.2) is 23.0 Å². The highest BCUT2D eigenvalue weighted by Gasteiger charge is 2.10. The summed E-state index contributed by atoms with van der Waals surface area (Å²) >= 11 is 1.09. The molecule has 0 fully saturated rings. The summed E-state index contributed by atoms with van der Waals surface area (Å²) in [5, 5.41) is 1.74. The molecule has 2 N–H and O–H groups in total. The summed E-state index contributed by atoms with van der Waals surface area (Å²) in [5.41, 5.74) is 7.33. The Morgan fingerprint density at radius 1 is 1.00 bits per heavy atom. The highest BCUT2D eigenvalue weighted by molar-refractivity contribution is 7.07. The van der Waals surface area contributed by atoms with Crippen molar-refractivity contribution in [3.63, 3.8) is 0 Å². The van der Waals surface area contributed by atoms with Crippen LogP contribution >= 0.6 is 11.3 Å².